The van der Waals surface area contributed by atoms with Gasteiger partial charge in [0, 0.05) is 6.07 Å². The molecule has 76 valence electrons. The summed E-state index contributed by atoms with van der Waals surface area (Å²) in [4.78, 5) is 11.6. The second kappa shape index (κ2) is 3.53. The van der Waals surface area contributed by atoms with Crippen LogP contribution in [0, 0.1) is 6.92 Å². The van der Waals surface area contributed by atoms with E-state index in [-0.39, 0.29) is 11.6 Å². The number of aryl methyl sites for hydroxylation is 1. The first kappa shape index (κ1) is 9.40. The Bertz CT molecular complexity index is 386. The second-order valence-corrected chi connectivity index (χ2v) is 3.88. The molecule has 1 aliphatic carbocycles. The molecule has 0 bridgehead atoms. The third-order valence-electron chi connectivity index (χ3n) is 2.72. The number of nitrogens with zero attached hydrogens (tertiary/aromatic N) is 2. The molecule has 0 aliphatic heterocycles. The van der Waals surface area contributed by atoms with Gasteiger partial charge in [-0.15, -0.1) is 0 Å². The van der Waals surface area contributed by atoms with Crippen LogP contribution in [0.15, 0.2) is 17.1 Å². The van der Waals surface area contributed by atoms with Crippen LogP contribution in [0.3, 0.4) is 0 Å². The molecule has 1 aliphatic rings. The Morgan fingerprint density at radius 2 is 2.36 bits per heavy atom. The number of aliphatic hydroxyl groups is 1. The monoisotopic (exact) mass is 194 g/mol. The van der Waals surface area contributed by atoms with Gasteiger partial charge in [0.05, 0.1) is 18.3 Å². The van der Waals surface area contributed by atoms with Crippen molar-refractivity contribution in [3.8, 4) is 0 Å². The van der Waals surface area contributed by atoms with Crippen LogP contribution in [-0.2, 0) is 0 Å². The van der Waals surface area contributed by atoms with E-state index < -0.39 is 6.10 Å². The number of rotatable bonds is 1. The maximum atomic E-state index is 11.6. The van der Waals surface area contributed by atoms with E-state index in [0.29, 0.717) is 0 Å². The van der Waals surface area contributed by atoms with Crippen molar-refractivity contribution in [2.24, 2.45) is 0 Å². The van der Waals surface area contributed by atoms with Crippen LogP contribution in [0.5, 0.6) is 0 Å². The highest BCUT2D eigenvalue weighted by Crippen LogP contribution is 2.27. The van der Waals surface area contributed by atoms with Crippen LogP contribution in [0.2, 0.25) is 0 Å². The molecule has 1 saturated carbocycles. The first-order valence-corrected chi connectivity index (χ1v) is 4.92. The van der Waals surface area contributed by atoms with E-state index in [1.54, 1.807) is 12.3 Å². The fourth-order valence-electron chi connectivity index (χ4n) is 1.96. The number of hydrogen-bond donors (Lipinski definition) is 1. The summed E-state index contributed by atoms with van der Waals surface area (Å²) in [6, 6.07) is 1.43. The first-order chi connectivity index (χ1) is 6.68. The molecule has 2 atom stereocenters. The summed E-state index contributed by atoms with van der Waals surface area (Å²) in [5, 5.41) is 13.7. The van der Waals surface area contributed by atoms with Crippen molar-refractivity contribution in [2.45, 2.75) is 38.3 Å². The van der Waals surface area contributed by atoms with Crippen molar-refractivity contribution in [3.05, 3.63) is 28.2 Å². The van der Waals surface area contributed by atoms with Crippen molar-refractivity contribution in [1.29, 1.82) is 0 Å². The average Bonchev–Trinajstić information content (AvgIpc) is 2.52. The molecule has 0 radical (unpaired) electrons. The lowest BCUT2D eigenvalue weighted by Gasteiger charge is -2.15. The van der Waals surface area contributed by atoms with Crippen molar-refractivity contribution in [3.63, 3.8) is 0 Å². The molecule has 0 aromatic carbocycles. The number of hydrogen-bond acceptors (Lipinski definition) is 3. The zero-order valence-electron chi connectivity index (χ0n) is 8.18. The Hall–Kier alpha value is -1.16. The quantitative estimate of drug-likeness (QED) is 0.713. The van der Waals surface area contributed by atoms with E-state index in [1.165, 1.54) is 4.68 Å². The minimum absolute atomic E-state index is 0.115. The van der Waals surface area contributed by atoms with E-state index >= 15 is 0 Å². The molecule has 1 aromatic rings. The molecule has 2 rings (SSSR count). The lowest BCUT2D eigenvalue weighted by Crippen LogP contribution is -2.30. The molecule has 4 heteroatoms. The van der Waals surface area contributed by atoms with Crippen molar-refractivity contribution < 1.29 is 5.11 Å². The van der Waals surface area contributed by atoms with Crippen molar-refractivity contribution in [1.82, 2.24) is 9.78 Å². The molecule has 1 aromatic heterocycles. The van der Waals surface area contributed by atoms with Gasteiger partial charge in [-0.2, -0.15) is 5.10 Å². The molecule has 1 fully saturated rings. The van der Waals surface area contributed by atoms with Gasteiger partial charge in [-0.25, -0.2) is 4.68 Å². The minimum Gasteiger partial charge on any atom is -0.391 e. The minimum atomic E-state index is -0.414. The summed E-state index contributed by atoms with van der Waals surface area (Å²) >= 11 is 0. The van der Waals surface area contributed by atoms with E-state index in [1.807, 2.05) is 6.92 Å². The van der Waals surface area contributed by atoms with Gasteiger partial charge in [0.1, 0.15) is 0 Å². The number of aliphatic hydroxyl groups excluding tert-OH is 1. The maximum Gasteiger partial charge on any atom is 0.267 e. The third-order valence-corrected chi connectivity index (χ3v) is 2.72. The lowest BCUT2D eigenvalue weighted by atomic mass is 10.2. The van der Waals surface area contributed by atoms with E-state index in [9.17, 15) is 9.90 Å². The normalized spacial score (nSPS) is 26.7. The van der Waals surface area contributed by atoms with E-state index in [4.69, 9.17) is 0 Å². The molecule has 0 amide bonds. The highest BCUT2D eigenvalue weighted by molar-refractivity contribution is 5.03. The highest BCUT2D eigenvalue weighted by atomic mass is 16.3. The summed E-state index contributed by atoms with van der Waals surface area (Å²) in [5.41, 5.74) is 0.745. The van der Waals surface area contributed by atoms with Crippen LogP contribution in [0.4, 0.5) is 0 Å². The topological polar surface area (TPSA) is 55.1 Å². The zero-order chi connectivity index (χ0) is 10.1. The van der Waals surface area contributed by atoms with Gasteiger partial charge >= 0.3 is 0 Å². The SMILES string of the molecule is Cc1cnn([C@H]2CCC[C@@H]2O)c(=O)c1. The smallest absolute Gasteiger partial charge is 0.267 e. The van der Waals surface area contributed by atoms with Gasteiger partial charge in [-0.3, -0.25) is 4.79 Å². The largest absolute Gasteiger partial charge is 0.391 e. The van der Waals surface area contributed by atoms with E-state index in [2.05, 4.69) is 5.10 Å². The molecule has 1 heterocycles. The van der Waals surface area contributed by atoms with Crippen molar-refractivity contribution >= 4 is 0 Å². The fourth-order valence-corrected chi connectivity index (χ4v) is 1.96. The van der Waals surface area contributed by atoms with Crippen LogP contribution in [0.1, 0.15) is 30.9 Å². The summed E-state index contributed by atoms with van der Waals surface area (Å²) < 4.78 is 1.41. The van der Waals surface area contributed by atoms with Crippen molar-refractivity contribution in [2.75, 3.05) is 0 Å². The van der Waals surface area contributed by atoms with Gasteiger partial charge in [0.25, 0.3) is 5.56 Å². The predicted octanol–water partition coefficient (Wildman–Crippen LogP) is 0.638. The summed E-state index contributed by atoms with van der Waals surface area (Å²) in [7, 11) is 0. The Kier molecular flexibility index (Phi) is 2.37. The molecule has 1 N–H and O–H groups in total. The zero-order valence-corrected chi connectivity index (χ0v) is 8.18. The van der Waals surface area contributed by atoms with Crippen LogP contribution < -0.4 is 5.56 Å². The Morgan fingerprint density at radius 3 is 2.93 bits per heavy atom. The summed E-state index contributed by atoms with van der Waals surface area (Å²) in [5.74, 6) is 0. The van der Waals surface area contributed by atoms with Crippen LogP contribution >= 0.6 is 0 Å². The molecule has 0 saturated heterocycles. The second-order valence-electron chi connectivity index (χ2n) is 3.88. The lowest BCUT2D eigenvalue weighted by molar-refractivity contribution is 0.127. The summed E-state index contributed by atoms with van der Waals surface area (Å²) in [6.45, 7) is 1.84. The highest BCUT2D eigenvalue weighted by Gasteiger charge is 2.28. The molecule has 14 heavy (non-hydrogen) atoms. The predicted molar refractivity (Wildman–Crippen MR) is 52.1 cm³/mol. The molecule has 4 nitrogen and oxygen atoms in total. The third kappa shape index (κ3) is 1.57. The van der Waals surface area contributed by atoms with Crippen LogP contribution in [0.25, 0.3) is 0 Å². The number of aromatic nitrogens is 2. The first-order valence-electron chi connectivity index (χ1n) is 4.92. The molecule has 0 unspecified atom stereocenters. The van der Waals surface area contributed by atoms with Gasteiger partial charge < -0.3 is 5.11 Å². The van der Waals surface area contributed by atoms with Gasteiger partial charge in [-0.05, 0) is 31.7 Å². The molecule has 0 spiro atoms. The molecular formula is C10H14N2O2. The van der Waals surface area contributed by atoms with Gasteiger partial charge in [0.15, 0.2) is 0 Å². The standard InChI is InChI=1S/C10H14N2O2/c1-7-5-10(14)12(11-6-7)8-3-2-4-9(8)13/h5-6,8-9,13H,2-4H2,1H3/t8-,9-/m0/s1. The maximum absolute atomic E-state index is 11.6. The van der Waals surface area contributed by atoms with Gasteiger partial charge in [0.2, 0.25) is 0 Å². The Balaban J connectivity index is 2.36. The summed E-state index contributed by atoms with van der Waals surface area (Å²) in [6.07, 6.45) is 3.83. The van der Waals surface area contributed by atoms with Gasteiger partial charge in [-0.1, -0.05) is 0 Å². The Morgan fingerprint density at radius 1 is 1.57 bits per heavy atom. The van der Waals surface area contributed by atoms with E-state index in [0.717, 1.165) is 24.8 Å². The molecular weight excluding hydrogens is 180 g/mol. The fraction of sp³-hybridized carbons (Fsp3) is 0.600. The average molecular weight is 194 g/mol. The Labute approximate surface area is 82.2 Å². The van der Waals surface area contributed by atoms with Crippen LogP contribution in [-0.4, -0.2) is 21.0 Å².